The Morgan fingerprint density at radius 3 is 1.42 bits per heavy atom. The number of hydrogen-bond acceptors (Lipinski definition) is 4. The lowest BCUT2D eigenvalue weighted by Gasteiger charge is -2.41. The van der Waals surface area contributed by atoms with E-state index in [4.69, 9.17) is 0 Å². The van der Waals surface area contributed by atoms with E-state index in [2.05, 4.69) is 155 Å². The molecule has 8 aromatic rings. The molecule has 1 aliphatic rings. The van der Waals surface area contributed by atoms with Crippen LogP contribution in [0.5, 0.6) is 0 Å². The first kappa shape index (κ1) is 31.1. The van der Waals surface area contributed by atoms with Crippen molar-refractivity contribution in [3.05, 3.63) is 175 Å². The second-order valence-corrected chi connectivity index (χ2v) is 18.1. The Kier molecular flexibility index (Phi) is 7.29. The Bertz CT molecular complexity index is 2590. The number of nitrogens with zero attached hydrogens (tertiary/aromatic N) is 5. The van der Waals surface area contributed by atoms with Gasteiger partial charge in [0.05, 0.1) is 51.4 Å². The van der Waals surface area contributed by atoms with Crippen molar-refractivity contribution < 1.29 is 0 Å². The summed E-state index contributed by atoms with van der Waals surface area (Å²) in [5, 5.41) is 24.5. The van der Waals surface area contributed by atoms with E-state index in [9.17, 15) is 10.5 Å². The molecule has 0 aliphatic carbocycles. The van der Waals surface area contributed by atoms with Crippen LogP contribution in [0.4, 0.5) is 34.1 Å². The lowest BCUT2D eigenvalue weighted by molar-refractivity contribution is 1.16. The molecule has 0 saturated carbocycles. The summed E-state index contributed by atoms with van der Waals surface area (Å²) in [5.41, 5.74) is 10.7. The van der Waals surface area contributed by atoms with Crippen LogP contribution < -0.4 is 20.2 Å². The molecule has 6 heteroatoms. The minimum Gasteiger partial charge on any atom is -0.311 e. The van der Waals surface area contributed by atoms with E-state index in [0.29, 0.717) is 11.1 Å². The highest BCUT2D eigenvalue weighted by Crippen LogP contribution is 2.44. The molecule has 0 spiro atoms. The van der Waals surface area contributed by atoms with Crippen molar-refractivity contribution in [1.82, 2.24) is 4.57 Å². The van der Waals surface area contributed by atoms with Crippen molar-refractivity contribution in [2.75, 3.05) is 9.80 Å². The van der Waals surface area contributed by atoms with Gasteiger partial charge in [0.15, 0.2) is 0 Å². The molecule has 0 unspecified atom stereocenters. The third-order valence-corrected chi connectivity index (χ3v) is 13.9. The zero-order chi connectivity index (χ0) is 35.4. The van der Waals surface area contributed by atoms with Crippen LogP contribution in [0.15, 0.2) is 164 Å². The molecule has 0 saturated heterocycles. The highest BCUT2D eigenvalue weighted by molar-refractivity contribution is 7.02. The molecule has 52 heavy (non-hydrogen) atoms. The number of para-hydroxylation sites is 4. The van der Waals surface area contributed by atoms with Gasteiger partial charge in [-0.15, -0.1) is 0 Å². The molecular formula is C46H33N5Si. The maximum atomic E-state index is 9.65. The van der Waals surface area contributed by atoms with Gasteiger partial charge in [-0.05, 0) is 101 Å². The lowest BCUT2D eigenvalue weighted by Crippen LogP contribution is -2.58. The summed E-state index contributed by atoms with van der Waals surface area (Å²) >= 11 is 0. The van der Waals surface area contributed by atoms with E-state index in [1.54, 1.807) is 0 Å². The number of fused-ring (bicyclic) bond motifs is 5. The van der Waals surface area contributed by atoms with Crippen LogP contribution in [0.2, 0.25) is 13.1 Å². The van der Waals surface area contributed by atoms with E-state index in [1.165, 1.54) is 32.5 Å². The number of anilines is 6. The molecule has 0 atom stereocenters. The third kappa shape index (κ3) is 4.89. The van der Waals surface area contributed by atoms with Crippen molar-refractivity contribution in [3.63, 3.8) is 0 Å². The predicted octanol–water partition coefficient (Wildman–Crippen LogP) is 10.6. The zero-order valence-electron chi connectivity index (χ0n) is 28.8. The van der Waals surface area contributed by atoms with Gasteiger partial charge in [-0.1, -0.05) is 85.9 Å². The number of benzene rings is 7. The highest BCUT2D eigenvalue weighted by Gasteiger charge is 2.38. The van der Waals surface area contributed by atoms with Crippen molar-refractivity contribution in [1.29, 1.82) is 10.5 Å². The molecule has 1 aliphatic heterocycles. The van der Waals surface area contributed by atoms with Gasteiger partial charge in [0.25, 0.3) is 0 Å². The quantitative estimate of drug-likeness (QED) is 0.169. The smallest absolute Gasteiger partial charge is 0.117 e. The van der Waals surface area contributed by atoms with Crippen LogP contribution in [-0.4, -0.2) is 12.6 Å². The first-order chi connectivity index (χ1) is 25.5. The molecule has 9 rings (SSSR count). The van der Waals surface area contributed by atoms with Crippen molar-refractivity contribution in [2.24, 2.45) is 0 Å². The molecular weight excluding hydrogens is 651 g/mol. The fourth-order valence-electron chi connectivity index (χ4n) is 7.93. The number of hydrogen-bond donors (Lipinski definition) is 0. The zero-order valence-corrected chi connectivity index (χ0v) is 29.8. The van der Waals surface area contributed by atoms with E-state index < -0.39 is 8.07 Å². The van der Waals surface area contributed by atoms with Gasteiger partial charge in [0, 0.05) is 33.5 Å². The van der Waals surface area contributed by atoms with Gasteiger partial charge < -0.3 is 14.4 Å². The molecule has 0 fully saturated rings. The fourth-order valence-corrected chi connectivity index (χ4v) is 10.9. The molecule has 2 heterocycles. The van der Waals surface area contributed by atoms with Crippen LogP contribution in [-0.2, 0) is 0 Å². The molecule has 0 N–H and O–H groups in total. The summed E-state index contributed by atoms with van der Waals surface area (Å²) in [4.78, 5) is 4.64. The maximum Gasteiger partial charge on any atom is 0.117 e. The summed E-state index contributed by atoms with van der Waals surface area (Å²) in [5.74, 6) is 0. The van der Waals surface area contributed by atoms with E-state index in [0.717, 1.165) is 39.5 Å². The lowest BCUT2D eigenvalue weighted by atomic mass is 10.1. The first-order valence-corrected chi connectivity index (χ1v) is 20.4. The largest absolute Gasteiger partial charge is 0.311 e. The maximum absolute atomic E-state index is 9.65. The van der Waals surface area contributed by atoms with Crippen molar-refractivity contribution in [2.45, 2.75) is 13.1 Å². The Morgan fingerprint density at radius 1 is 0.481 bits per heavy atom. The van der Waals surface area contributed by atoms with Gasteiger partial charge >= 0.3 is 0 Å². The van der Waals surface area contributed by atoms with Gasteiger partial charge in [-0.3, -0.25) is 0 Å². The minimum atomic E-state index is -2.01. The summed E-state index contributed by atoms with van der Waals surface area (Å²) in [6, 6.07) is 61.7. The van der Waals surface area contributed by atoms with Crippen LogP contribution in [0.25, 0.3) is 27.5 Å². The number of nitriles is 2. The van der Waals surface area contributed by atoms with E-state index >= 15 is 0 Å². The molecule has 0 amide bonds. The minimum absolute atomic E-state index is 0.594. The Balaban J connectivity index is 1.38. The van der Waals surface area contributed by atoms with Crippen LogP contribution in [0.1, 0.15) is 11.1 Å². The van der Waals surface area contributed by atoms with Gasteiger partial charge in [0.1, 0.15) is 8.07 Å². The molecule has 246 valence electrons. The predicted molar refractivity (Wildman–Crippen MR) is 216 cm³/mol. The van der Waals surface area contributed by atoms with Gasteiger partial charge in [-0.2, -0.15) is 10.5 Å². The van der Waals surface area contributed by atoms with E-state index in [1.807, 2.05) is 48.5 Å². The SMILES string of the molecule is C[Si]1(C)c2ccccc2N(c2cc(N(c3ccc(C#N)cc3)c3ccc(C#N)cc3)cc(-n3c4ccccc4c4ccccc43)c2)c2ccccc21. The molecule has 5 nitrogen and oxygen atoms in total. The van der Waals surface area contributed by atoms with Crippen molar-refractivity contribution >= 4 is 74.4 Å². The molecule has 0 bridgehead atoms. The van der Waals surface area contributed by atoms with Crippen LogP contribution in [0, 0.1) is 22.7 Å². The Hall–Kier alpha value is -6.86. The second-order valence-electron chi connectivity index (χ2n) is 13.7. The monoisotopic (exact) mass is 683 g/mol. The standard InChI is InChI=1S/C46H33N5Si/c1-52(2)45-17-9-7-15-43(45)51(44-16-8-10-18-46(44)52)38-28-36(49(34-23-19-32(30-47)20-24-34)35-25-21-33(31-48)22-26-35)27-37(29-38)50-41-13-5-3-11-39(41)40-12-4-6-14-42(40)50/h3-29H,1-2H3. The summed E-state index contributed by atoms with van der Waals surface area (Å²) in [7, 11) is -2.01. The van der Waals surface area contributed by atoms with Gasteiger partial charge in [-0.25, -0.2) is 0 Å². The third-order valence-electron chi connectivity index (χ3n) is 10.4. The van der Waals surface area contributed by atoms with Crippen molar-refractivity contribution in [3.8, 4) is 17.8 Å². The second kappa shape index (κ2) is 12.2. The summed E-state index contributed by atoms with van der Waals surface area (Å²) in [6.07, 6.45) is 0. The normalized spacial score (nSPS) is 12.9. The Morgan fingerprint density at radius 2 is 0.923 bits per heavy atom. The average molecular weight is 684 g/mol. The van der Waals surface area contributed by atoms with E-state index in [-0.39, 0.29) is 0 Å². The topological polar surface area (TPSA) is 59.0 Å². The van der Waals surface area contributed by atoms with Gasteiger partial charge in [0.2, 0.25) is 0 Å². The summed E-state index contributed by atoms with van der Waals surface area (Å²) < 4.78 is 2.37. The van der Waals surface area contributed by atoms with Crippen LogP contribution in [0.3, 0.4) is 0 Å². The Labute approximate surface area is 304 Å². The van der Waals surface area contributed by atoms with Crippen LogP contribution >= 0.6 is 0 Å². The summed E-state index contributed by atoms with van der Waals surface area (Å²) in [6.45, 7) is 4.89. The highest BCUT2D eigenvalue weighted by atomic mass is 28.3. The average Bonchev–Trinajstić information content (AvgIpc) is 3.53. The number of rotatable bonds is 5. The molecule has 1 aromatic heterocycles. The number of aromatic nitrogens is 1. The molecule has 7 aromatic carbocycles. The first-order valence-electron chi connectivity index (χ1n) is 17.4. The fraction of sp³-hybridized carbons (Fsp3) is 0.0435. The molecule has 0 radical (unpaired) electrons.